The summed E-state index contributed by atoms with van der Waals surface area (Å²) in [6.07, 6.45) is 2.97. The molecule has 5 aromatic rings. The zero-order valence-electron chi connectivity index (χ0n) is 24.0. The van der Waals surface area contributed by atoms with E-state index in [-0.39, 0.29) is 11.8 Å². The summed E-state index contributed by atoms with van der Waals surface area (Å²) >= 11 is 0. The first-order chi connectivity index (χ1) is 20.5. The van der Waals surface area contributed by atoms with Crippen LogP contribution >= 0.6 is 0 Å². The molecule has 6 rings (SSSR count). The van der Waals surface area contributed by atoms with Crippen molar-refractivity contribution in [3.8, 4) is 5.75 Å². The first kappa shape index (κ1) is 27.5. The van der Waals surface area contributed by atoms with Crippen molar-refractivity contribution in [1.82, 2.24) is 20.1 Å². The van der Waals surface area contributed by atoms with E-state index in [1.54, 1.807) is 24.0 Å². The highest BCUT2D eigenvalue weighted by Crippen LogP contribution is 2.25. The monoisotopic (exact) mass is 560 g/mol. The summed E-state index contributed by atoms with van der Waals surface area (Å²) in [4.78, 5) is 35.1. The molecule has 2 atom stereocenters. The van der Waals surface area contributed by atoms with Gasteiger partial charge in [0.25, 0.3) is 0 Å². The maximum absolute atomic E-state index is 14.2. The third-order valence-corrected chi connectivity index (χ3v) is 8.30. The number of likely N-dealkylation sites (N-methyl/N-ethyl adjacent to an activating group) is 1. The molecule has 7 heteroatoms. The summed E-state index contributed by atoms with van der Waals surface area (Å²) in [5.74, 6) is 0.604. The van der Waals surface area contributed by atoms with E-state index in [0.29, 0.717) is 32.5 Å². The molecule has 2 N–H and O–H groups in total. The molecule has 0 bridgehead atoms. The SMILES string of the molecule is COc1ccccc1CN(C)C(=O)[C@H](Cc1ccc2ccccc2c1)N1CCN[C@@H](Cc2c[nH]c3ccccc23)C1=O. The van der Waals surface area contributed by atoms with E-state index in [0.717, 1.165) is 44.1 Å². The molecule has 0 unspecified atom stereocenters. The first-order valence-electron chi connectivity index (χ1n) is 14.4. The van der Waals surface area contributed by atoms with Gasteiger partial charge < -0.3 is 24.8 Å². The molecule has 4 aromatic carbocycles. The van der Waals surface area contributed by atoms with E-state index < -0.39 is 12.1 Å². The lowest BCUT2D eigenvalue weighted by Crippen LogP contribution is -2.62. The van der Waals surface area contributed by atoms with Crippen LogP contribution in [0.1, 0.15) is 16.7 Å². The Balaban J connectivity index is 1.29. The third kappa shape index (κ3) is 5.60. The van der Waals surface area contributed by atoms with E-state index in [1.165, 1.54) is 0 Å². The maximum Gasteiger partial charge on any atom is 0.245 e. The van der Waals surface area contributed by atoms with Crippen LogP contribution in [0.25, 0.3) is 21.7 Å². The van der Waals surface area contributed by atoms with Gasteiger partial charge in [-0.05, 0) is 40.5 Å². The minimum atomic E-state index is -0.633. The number of piperazine rings is 1. The second-order valence-corrected chi connectivity index (χ2v) is 11.0. The highest BCUT2D eigenvalue weighted by molar-refractivity contribution is 5.92. The Hall–Kier alpha value is -4.62. The van der Waals surface area contributed by atoms with Gasteiger partial charge in [-0.25, -0.2) is 0 Å². The van der Waals surface area contributed by atoms with E-state index in [1.807, 2.05) is 60.8 Å². The van der Waals surface area contributed by atoms with Gasteiger partial charge in [0.15, 0.2) is 0 Å². The average Bonchev–Trinajstić information content (AvgIpc) is 3.43. The number of ether oxygens (including phenoxy) is 1. The minimum Gasteiger partial charge on any atom is -0.496 e. The number of hydrogen-bond donors (Lipinski definition) is 2. The molecule has 214 valence electrons. The van der Waals surface area contributed by atoms with Gasteiger partial charge in [0.05, 0.1) is 13.2 Å². The molecule has 1 aliphatic heterocycles. The number of carbonyl (C=O) groups is 2. The standard InChI is InChI=1S/C35H36N4O3/c1-38(23-27-11-5-8-14-33(27)42-2)35(41)32(20-24-15-16-25-9-3-4-10-26(25)19-24)39-18-17-36-31(34(39)40)21-28-22-37-30-13-7-6-12-29(28)30/h3-16,19,22,31-32,36-37H,17-18,20-21,23H2,1-2H3/t31-,32-/m0/s1. The van der Waals surface area contributed by atoms with Gasteiger partial charge >= 0.3 is 0 Å². The minimum absolute atomic E-state index is 0.0450. The first-order valence-corrected chi connectivity index (χ1v) is 14.4. The quantitative estimate of drug-likeness (QED) is 0.268. The highest BCUT2D eigenvalue weighted by atomic mass is 16.5. The summed E-state index contributed by atoms with van der Waals surface area (Å²) < 4.78 is 5.54. The molecular weight excluding hydrogens is 524 g/mol. The van der Waals surface area contributed by atoms with Crippen molar-refractivity contribution in [1.29, 1.82) is 0 Å². The molecule has 0 spiro atoms. The molecule has 1 aromatic heterocycles. The molecule has 2 amide bonds. The van der Waals surface area contributed by atoms with Crippen molar-refractivity contribution < 1.29 is 14.3 Å². The topological polar surface area (TPSA) is 77.7 Å². The summed E-state index contributed by atoms with van der Waals surface area (Å²) in [5, 5.41) is 6.80. The lowest BCUT2D eigenvalue weighted by molar-refractivity contribution is -0.148. The molecular formula is C35H36N4O3. The molecule has 0 radical (unpaired) electrons. The Bertz CT molecular complexity index is 1730. The van der Waals surface area contributed by atoms with Crippen LogP contribution in [0.2, 0.25) is 0 Å². The zero-order chi connectivity index (χ0) is 29.1. The number of fused-ring (bicyclic) bond motifs is 2. The highest BCUT2D eigenvalue weighted by Gasteiger charge is 2.38. The van der Waals surface area contributed by atoms with Crippen LogP contribution in [0.4, 0.5) is 0 Å². The van der Waals surface area contributed by atoms with Crippen molar-refractivity contribution in [2.24, 2.45) is 0 Å². The van der Waals surface area contributed by atoms with Crippen LogP contribution in [0.3, 0.4) is 0 Å². The number of carbonyl (C=O) groups excluding carboxylic acids is 2. The van der Waals surface area contributed by atoms with Crippen molar-refractivity contribution in [2.45, 2.75) is 31.5 Å². The summed E-state index contributed by atoms with van der Waals surface area (Å²) in [6.45, 7) is 1.47. The van der Waals surface area contributed by atoms with Gasteiger partial charge in [-0.15, -0.1) is 0 Å². The fourth-order valence-corrected chi connectivity index (χ4v) is 6.09. The average molecular weight is 561 g/mol. The third-order valence-electron chi connectivity index (χ3n) is 8.30. The number of benzene rings is 4. The second kappa shape index (κ2) is 12.1. The number of nitrogens with one attached hydrogen (secondary N) is 2. The molecule has 1 aliphatic rings. The largest absolute Gasteiger partial charge is 0.496 e. The van der Waals surface area contributed by atoms with E-state index >= 15 is 0 Å². The summed E-state index contributed by atoms with van der Waals surface area (Å²) in [5.41, 5.74) is 4.08. The number of H-pyrrole nitrogens is 1. The fourth-order valence-electron chi connectivity index (χ4n) is 6.09. The number of methoxy groups -OCH3 is 1. The van der Waals surface area contributed by atoms with Gasteiger partial charge in [-0.3, -0.25) is 9.59 Å². The number of amides is 2. The lowest BCUT2D eigenvalue weighted by Gasteiger charge is -2.39. The summed E-state index contributed by atoms with van der Waals surface area (Å²) in [7, 11) is 3.44. The Morgan fingerprint density at radius 1 is 0.976 bits per heavy atom. The van der Waals surface area contributed by atoms with Gasteiger partial charge in [-0.1, -0.05) is 78.9 Å². The van der Waals surface area contributed by atoms with Gasteiger partial charge in [0, 0.05) is 55.8 Å². The van der Waals surface area contributed by atoms with Crippen molar-refractivity contribution in [2.75, 3.05) is 27.2 Å². The Morgan fingerprint density at radius 2 is 1.74 bits per heavy atom. The molecule has 0 aliphatic carbocycles. The number of nitrogens with zero attached hydrogens (tertiary/aromatic N) is 2. The molecule has 1 fully saturated rings. The van der Waals surface area contributed by atoms with Crippen LogP contribution in [-0.2, 0) is 29.0 Å². The Morgan fingerprint density at radius 3 is 2.60 bits per heavy atom. The molecule has 42 heavy (non-hydrogen) atoms. The number of para-hydroxylation sites is 2. The lowest BCUT2D eigenvalue weighted by atomic mass is 9.97. The Kier molecular flexibility index (Phi) is 7.93. The van der Waals surface area contributed by atoms with Gasteiger partial charge in [0.2, 0.25) is 11.8 Å². The zero-order valence-corrected chi connectivity index (χ0v) is 24.0. The van der Waals surface area contributed by atoms with E-state index in [9.17, 15) is 9.59 Å². The molecule has 2 heterocycles. The predicted octanol–water partition coefficient (Wildman–Crippen LogP) is 4.94. The Labute approximate surface area is 246 Å². The summed E-state index contributed by atoms with van der Waals surface area (Å²) in [6, 6.07) is 29.3. The smallest absolute Gasteiger partial charge is 0.245 e. The normalized spacial score (nSPS) is 16.1. The van der Waals surface area contributed by atoms with Gasteiger partial charge in [0.1, 0.15) is 11.8 Å². The number of hydrogen-bond acceptors (Lipinski definition) is 4. The fraction of sp³-hybridized carbons (Fsp3) is 0.257. The van der Waals surface area contributed by atoms with Crippen LogP contribution in [0.15, 0.2) is 97.2 Å². The van der Waals surface area contributed by atoms with Crippen molar-refractivity contribution in [3.63, 3.8) is 0 Å². The molecule has 0 saturated carbocycles. The van der Waals surface area contributed by atoms with Gasteiger partial charge in [-0.2, -0.15) is 0 Å². The van der Waals surface area contributed by atoms with Crippen molar-refractivity contribution >= 4 is 33.5 Å². The number of aromatic nitrogens is 1. The van der Waals surface area contributed by atoms with E-state index in [4.69, 9.17) is 4.74 Å². The van der Waals surface area contributed by atoms with Crippen molar-refractivity contribution in [3.05, 3.63) is 114 Å². The van der Waals surface area contributed by atoms with Crippen LogP contribution in [0.5, 0.6) is 5.75 Å². The van der Waals surface area contributed by atoms with E-state index in [2.05, 4.69) is 46.7 Å². The number of rotatable bonds is 9. The van der Waals surface area contributed by atoms with Crippen LogP contribution in [0, 0.1) is 0 Å². The maximum atomic E-state index is 14.2. The van der Waals surface area contributed by atoms with Crippen LogP contribution in [-0.4, -0.2) is 65.9 Å². The molecule has 7 nitrogen and oxygen atoms in total. The van der Waals surface area contributed by atoms with Crippen LogP contribution < -0.4 is 10.1 Å². The number of aromatic amines is 1. The molecule has 1 saturated heterocycles. The second-order valence-electron chi connectivity index (χ2n) is 11.0. The predicted molar refractivity (Wildman–Crippen MR) is 166 cm³/mol.